The lowest BCUT2D eigenvalue weighted by Crippen LogP contribution is -2.09. The first-order chi connectivity index (χ1) is 10.1. The summed E-state index contributed by atoms with van der Waals surface area (Å²) in [6.07, 6.45) is 0. The Balaban J connectivity index is 2.15. The third-order valence-electron chi connectivity index (χ3n) is 2.97. The van der Waals surface area contributed by atoms with Crippen LogP contribution < -0.4 is 11.3 Å². The molecule has 0 aliphatic rings. The summed E-state index contributed by atoms with van der Waals surface area (Å²) in [6, 6.07) is 8.79. The molecule has 0 saturated carbocycles. The van der Waals surface area contributed by atoms with Crippen LogP contribution in [0.2, 0.25) is 0 Å². The van der Waals surface area contributed by atoms with E-state index in [0.29, 0.717) is 15.8 Å². The van der Waals surface area contributed by atoms with Crippen LogP contribution in [0.1, 0.15) is 10.4 Å². The average molecular weight is 301 g/mol. The molecule has 6 nitrogen and oxygen atoms in total. The third kappa shape index (κ3) is 2.38. The molecule has 0 saturated heterocycles. The Morgan fingerprint density at radius 2 is 2.19 bits per heavy atom. The topological polar surface area (TPSA) is 98.1 Å². The second-order valence-corrected chi connectivity index (χ2v) is 5.40. The first-order valence-corrected chi connectivity index (χ1v) is 6.88. The molecule has 3 rings (SSSR count). The molecule has 3 aromatic rings. The van der Waals surface area contributed by atoms with E-state index in [1.54, 1.807) is 24.3 Å². The average Bonchev–Trinajstić information content (AvgIpc) is 2.91. The van der Waals surface area contributed by atoms with E-state index in [1.165, 1.54) is 18.4 Å². The molecule has 21 heavy (non-hydrogen) atoms. The lowest BCUT2D eigenvalue weighted by Gasteiger charge is -2.01. The van der Waals surface area contributed by atoms with Crippen molar-refractivity contribution in [1.29, 1.82) is 0 Å². The number of hydrogen-bond acceptors (Lipinski definition) is 6. The van der Waals surface area contributed by atoms with Gasteiger partial charge in [-0.15, -0.1) is 11.3 Å². The number of thiophene rings is 1. The fraction of sp³-hybridized carbons (Fsp3) is 0.0714. The molecule has 0 atom stereocenters. The maximum absolute atomic E-state index is 11.8. The van der Waals surface area contributed by atoms with Crippen molar-refractivity contribution < 1.29 is 9.53 Å². The summed E-state index contributed by atoms with van der Waals surface area (Å²) in [6.45, 7) is 0. The van der Waals surface area contributed by atoms with E-state index in [-0.39, 0.29) is 11.5 Å². The number of carbonyl (C=O) groups excluding carboxylic acids is 1. The highest BCUT2D eigenvalue weighted by Crippen LogP contribution is 2.31. The summed E-state index contributed by atoms with van der Waals surface area (Å²) in [7, 11) is 1.33. The van der Waals surface area contributed by atoms with E-state index in [2.05, 4.69) is 9.97 Å². The van der Waals surface area contributed by atoms with Crippen molar-refractivity contribution in [3.05, 3.63) is 46.2 Å². The lowest BCUT2D eigenvalue weighted by atomic mass is 10.1. The van der Waals surface area contributed by atoms with Crippen molar-refractivity contribution in [2.24, 2.45) is 0 Å². The fourth-order valence-electron chi connectivity index (χ4n) is 2.02. The number of aromatic nitrogens is 2. The molecule has 2 aromatic heterocycles. The normalized spacial score (nSPS) is 10.7. The van der Waals surface area contributed by atoms with Gasteiger partial charge in [-0.25, -0.2) is 9.78 Å². The minimum Gasteiger partial charge on any atom is -0.465 e. The minimum atomic E-state index is -0.404. The van der Waals surface area contributed by atoms with Crippen molar-refractivity contribution in [1.82, 2.24) is 9.97 Å². The van der Waals surface area contributed by atoms with E-state index < -0.39 is 5.97 Å². The van der Waals surface area contributed by atoms with Crippen LogP contribution in [-0.4, -0.2) is 23.0 Å². The molecular formula is C14H11N3O3S. The monoisotopic (exact) mass is 301 g/mol. The predicted molar refractivity (Wildman–Crippen MR) is 81.4 cm³/mol. The van der Waals surface area contributed by atoms with Gasteiger partial charge in [0.2, 0.25) is 5.95 Å². The van der Waals surface area contributed by atoms with Gasteiger partial charge in [0, 0.05) is 4.88 Å². The molecule has 0 aliphatic heterocycles. The van der Waals surface area contributed by atoms with Crippen LogP contribution in [0, 0.1) is 0 Å². The SMILES string of the molecule is COC(=O)c1cccc(-c2cc3nc(N)[nH]c(=O)c3s2)c1. The van der Waals surface area contributed by atoms with Crippen LogP contribution >= 0.6 is 11.3 Å². The summed E-state index contributed by atoms with van der Waals surface area (Å²) >= 11 is 1.30. The number of nitrogens with two attached hydrogens (primary N) is 1. The zero-order valence-electron chi connectivity index (χ0n) is 11.0. The second kappa shape index (κ2) is 5.02. The van der Waals surface area contributed by atoms with Gasteiger partial charge in [0.25, 0.3) is 5.56 Å². The number of hydrogen-bond donors (Lipinski definition) is 2. The Labute approximate surface area is 123 Å². The predicted octanol–water partition coefficient (Wildman–Crippen LogP) is 2.02. The smallest absolute Gasteiger partial charge is 0.337 e. The number of nitrogens with zero attached hydrogens (tertiary/aromatic N) is 1. The van der Waals surface area contributed by atoms with Gasteiger partial charge >= 0.3 is 5.97 Å². The van der Waals surface area contributed by atoms with E-state index in [4.69, 9.17) is 10.5 Å². The van der Waals surface area contributed by atoms with Crippen molar-refractivity contribution >= 4 is 33.5 Å². The van der Waals surface area contributed by atoms with Crippen LogP contribution in [0.5, 0.6) is 0 Å². The van der Waals surface area contributed by atoms with E-state index in [0.717, 1.165) is 10.4 Å². The molecule has 2 heterocycles. The number of rotatable bonds is 2. The Bertz CT molecular complexity index is 898. The van der Waals surface area contributed by atoms with Crippen LogP contribution in [0.4, 0.5) is 5.95 Å². The van der Waals surface area contributed by atoms with Gasteiger partial charge in [-0.05, 0) is 23.8 Å². The molecule has 0 bridgehead atoms. The molecule has 0 spiro atoms. The van der Waals surface area contributed by atoms with Gasteiger partial charge in [-0.1, -0.05) is 12.1 Å². The van der Waals surface area contributed by atoms with E-state index >= 15 is 0 Å². The highest BCUT2D eigenvalue weighted by Gasteiger charge is 2.11. The standard InChI is InChI=1S/C14H11N3O3S/c1-20-13(19)8-4-2-3-7(5-8)10-6-9-11(21-10)12(18)17-14(15)16-9/h2-6H,1H3,(H3,15,16,17,18). The summed E-state index contributed by atoms with van der Waals surface area (Å²) in [4.78, 5) is 30.8. The molecule has 1 aromatic carbocycles. The first kappa shape index (κ1) is 13.3. The molecule has 0 fully saturated rings. The third-order valence-corrected chi connectivity index (χ3v) is 4.14. The van der Waals surface area contributed by atoms with Gasteiger partial charge < -0.3 is 10.5 Å². The van der Waals surface area contributed by atoms with Crippen LogP contribution in [-0.2, 0) is 4.74 Å². The van der Waals surface area contributed by atoms with Crippen LogP contribution in [0.15, 0.2) is 35.1 Å². The highest BCUT2D eigenvalue weighted by atomic mass is 32.1. The number of fused-ring (bicyclic) bond motifs is 1. The quantitative estimate of drug-likeness (QED) is 0.706. The van der Waals surface area contributed by atoms with Crippen molar-refractivity contribution in [2.45, 2.75) is 0 Å². The zero-order valence-corrected chi connectivity index (χ0v) is 11.9. The molecule has 0 unspecified atom stereocenters. The Morgan fingerprint density at radius 1 is 1.38 bits per heavy atom. The van der Waals surface area contributed by atoms with Crippen molar-refractivity contribution in [3.63, 3.8) is 0 Å². The first-order valence-electron chi connectivity index (χ1n) is 6.06. The summed E-state index contributed by atoms with van der Waals surface area (Å²) in [5.41, 5.74) is 7.08. The summed E-state index contributed by atoms with van der Waals surface area (Å²) in [5.74, 6) is -0.321. The van der Waals surface area contributed by atoms with E-state index in [9.17, 15) is 9.59 Å². The maximum Gasteiger partial charge on any atom is 0.337 e. The number of nitrogens with one attached hydrogen (secondary N) is 1. The second-order valence-electron chi connectivity index (χ2n) is 4.35. The number of anilines is 1. The fourth-order valence-corrected chi connectivity index (χ4v) is 3.01. The number of ether oxygens (including phenoxy) is 1. The number of benzene rings is 1. The Kier molecular flexibility index (Phi) is 3.19. The molecule has 106 valence electrons. The van der Waals surface area contributed by atoms with Crippen molar-refractivity contribution in [2.75, 3.05) is 12.8 Å². The number of H-pyrrole nitrogens is 1. The number of aromatic amines is 1. The molecule has 3 N–H and O–H groups in total. The molecule has 7 heteroatoms. The largest absolute Gasteiger partial charge is 0.465 e. The van der Waals surface area contributed by atoms with E-state index in [1.807, 2.05) is 6.07 Å². The molecule has 0 amide bonds. The zero-order chi connectivity index (χ0) is 15.0. The lowest BCUT2D eigenvalue weighted by molar-refractivity contribution is 0.0601. The van der Waals surface area contributed by atoms with Gasteiger partial charge in [0.15, 0.2) is 0 Å². The minimum absolute atomic E-state index is 0.0835. The van der Waals surface area contributed by atoms with Gasteiger partial charge in [0.05, 0.1) is 18.2 Å². The van der Waals surface area contributed by atoms with Crippen molar-refractivity contribution in [3.8, 4) is 10.4 Å². The summed E-state index contributed by atoms with van der Waals surface area (Å²) < 4.78 is 5.20. The molecule has 0 aliphatic carbocycles. The molecule has 0 radical (unpaired) electrons. The van der Waals surface area contributed by atoms with Gasteiger partial charge in [-0.3, -0.25) is 9.78 Å². The Hall–Kier alpha value is -2.67. The maximum atomic E-state index is 11.8. The number of carbonyl (C=O) groups is 1. The number of esters is 1. The highest BCUT2D eigenvalue weighted by molar-refractivity contribution is 7.22. The van der Waals surface area contributed by atoms with Gasteiger partial charge in [0.1, 0.15) is 4.70 Å². The van der Waals surface area contributed by atoms with Gasteiger partial charge in [-0.2, -0.15) is 0 Å². The summed E-state index contributed by atoms with van der Waals surface area (Å²) in [5, 5.41) is 0. The number of methoxy groups -OCH3 is 1. The molecular weight excluding hydrogens is 290 g/mol. The van der Waals surface area contributed by atoms with Crippen LogP contribution in [0.25, 0.3) is 20.7 Å². The van der Waals surface area contributed by atoms with Crippen LogP contribution in [0.3, 0.4) is 0 Å². The Morgan fingerprint density at radius 3 is 2.95 bits per heavy atom. The number of nitrogen functional groups attached to an aromatic ring is 1.